The molecule has 0 spiro atoms. The van der Waals surface area contributed by atoms with E-state index in [-0.39, 0.29) is 27.7 Å². The molecule has 274 valence electrons. The Kier molecular flexibility index (Phi) is 14.0. The van der Waals surface area contributed by atoms with Gasteiger partial charge in [0.1, 0.15) is 30.1 Å². The second-order valence-electron chi connectivity index (χ2n) is 11.7. The molecule has 0 aliphatic rings. The molecule has 3 rings (SSSR count). The van der Waals surface area contributed by atoms with Crippen LogP contribution >= 0.6 is 23.2 Å². The van der Waals surface area contributed by atoms with Crippen LogP contribution in [0.2, 0.25) is 10.0 Å². The van der Waals surface area contributed by atoms with Crippen LogP contribution in [-0.4, -0.2) is 66.1 Å². The predicted octanol–water partition coefficient (Wildman–Crippen LogP) is 5.71. The van der Waals surface area contributed by atoms with E-state index in [9.17, 15) is 45.9 Å². The van der Waals surface area contributed by atoms with Crippen LogP contribution in [0.3, 0.4) is 0 Å². The monoisotopic (exact) mass is 758 g/mol. The van der Waals surface area contributed by atoms with E-state index < -0.39 is 78.3 Å². The molecule has 1 aromatic heterocycles. The third-order valence-corrected chi connectivity index (χ3v) is 8.35. The van der Waals surface area contributed by atoms with Crippen LogP contribution in [0, 0.1) is 11.8 Å². The number of ether oxygens (including phenoxy) is 1. The number of rotatable bonds is 16. The summed E-state index contributed by atoms with van der Waals surface area (Å²) in [5, 5.41) is 6.47. The summed E-state index contributed by atoms with van der Waals surface area (Å²) in [6.45, 7) is 0.508. The van der Waals surface area contributed by atoms with Gasteiger partial charge in [-0.15, -0.1) is 0 Å². The van der Waals surface area contributed by atoms with E-state index in [0.717, 1.165) is 5.32 Å². The summed E-state index contributed by atoms with van der Waals surface area (Å²) in [7, 11) is 1.38. The van der Waals surface area contributed by atoms with Crippen molar-refractivity contribution >= 4 is 52.5 Å². The molecule has 3 aromatic rings. The molecule has 0 saturated carbocycles. The van der Waals surface area contributed by atoms with Gasteiger partial charge in [0.15, 0.2) is 5.78 Å². The maximum absolute atomic E-state index is 14.9. The van der Waals surface area contributed by atoms with E-state index in [2.05, 4.69) is 15.6 Å². The van der Waals surface area contributed by atoms with Gasteiger partial charge in [0, 0.05) is 25.0 Å². The molecule has 0 bridgehead atoms. The Morgan fingerprint density at radius 1 is 0.882 bits per heavy atom. The lowest BCUT2D eigenvalue weighted by Crippen LogP contribution is -2.52. The van der Waals surface area contributed by atoms with Crippen LogP contribution in [0.5, 0.6) is 5.75 Å². The number of benzene rings is 2. The highest BCUT2D eigenvalue weighted by Gasteiger charge is 2.52. The van der Waals surface area contributed by atoms with Gasteiger partial charge in [-0.1, -0.05) is 61.3 Å². The highest BCUT2D eigenvalue weighted by atomic mass is 35.5. The lowest BCUT2D eigenvalue weighted by Gasteiger charge is -2.27. The topological polar surface area (TPSA) is 144 Å². The highest BCUT2D eigenvalue weighted by molar-refractivity contribution is 6.42. The largest absolute Gasteiger partial charge is 0.497 e. The second-order valence-corrected chi connectivity index (χ2v) is 12.5. The highest BCUT2D eigenvalue weighted by Crippen LogP contribution is 2.31. The van der Waals surface area contributed by atoms with E-state index in [1.807, 2.05) is 0 Å². The van der Waals surface area contributed by atoms with Gasteiger partial charge in [-0.05, 0) is 53.4 Å². The first kappa shape index (κ1) is 40.8. The number of nitrogens with zero attached hydrogens (tertiary/aromatic N) is 1. The van der Waals surface area contributed by atoms with Crippen molar-refractivity contribution in [2.24, 2.45) is 11.8 Å². The zero-order valence-corrected chi connectivity index (χ0v) is 28.8. The van der Waals surface area contributed by atoms with Crippen molar-refractivity contribution in [3.8, 4) is 5.75 Å². The second kappa shape index (κ2) is 17.5. The minimum atomic E-state index is -5.03. The molecule has 0 fully saturated rings. The Labute approximate surface area is 299 Å². The number of amides is 3. The molecule has 0 aliphatic carbocycles. The molecule has 0 unspecified atom stereocenters. The zero-order valence-electron chi connectivity index (χ0n) is 27.3. The van der Waals surface area contributed by atoms with Crippen LogP contribution in [0.15, 0.2) is 66.9 Å². The Morgan fingerprint density at radius 2 is 1.55 bits per heavy atom. The number of hydrogen-bond acceptors (Lipinski definition) is 7. The maximum atomic E-state index is 14.9. The Bertz CT molecular complexity index is 1730. The number of pyridine rings is 1. The summed E-state index contributed by atoms with van der Waals surface area (Å²) >= 11 is 12.2. The van der Waals surface area contributed by atoms with Crippen molar-refractivity contribution in [1.82, 2.24) is 20.9 Å². The van der Waals surface area contributed by atoms with Crippen LogP contribution in [0.25, 0.3) is 0 Å². The third kappa shape index (κ3) is 11.4. The zero-order chi connectivity index (χ0) is 38.1. The number of alkyl halides is 5. The number of methoxy groups -OCH3 is 1. The molecule has 0 radical (unpaired) electrons. The normalized spacial score (nSPS) is 13.5. The molecule has 1 heterocycles. The minimum absolute atomic E-state index is 0.0364. The summed E-state index contributed by atoms with van der Waals surface area (Å²) in [6, 6.07) is 11.7. The van der Waals surface area contributed by atoms with Crippen molar-refractivity contribution in [3.63, 3.8) is 0 Å². The van der Waals surface area contributed by atoms with Crippen LogP contribution in [-0.2, 0) is 25.6 Å². The number of carbonyl (C=O) groups is 5. The van der Waals surface area contributed by atoms with Gasteiger partial charge in [-0.25, -0.2) is 0 Å². The molecule has 51 heavy (non-hydrogen) atoms. The molecule has 17 heteroatoms. The molecule has 2 aromatic carbocycles. The van der Waals surface area contributed by atoms with Crippen molar-refractivity contribution < 1.29 is 50.7 Å². The van der Waals surface area contributed by atoms with Crippen molar-refractivity contribution in [3.05, 3.63) is 93.7 Å². The van der Waals surface area contributed by atoms with E-state index >= 15 is 0 Å². The fourth-order valence-corrected chi connectivity index (χ4v) is 5.15. The van der Waals surface area contributed by atoms with E-state index in [1.165, 1.54) is 69.6 Å². The smallest absolute Gasteiger partial charge is 0.405 e. The Morgan fingerprint density at radius 3 is 2.10 bits per heavy atom. The number of carbonyl (C=O) groups excluding carboxylic acids is 5. The number of nitrogens with one attached hydrogen (secondary N) is 3. The van der Waals surface area contributed by atoms with Crippen LogP contribution < -0.4 is 20.7 Å². The van der Waals surface area contributed by atoms with Gasteiger partial charge in [0.25, 0.3) is 11.8 Å². The van der Waals surface area contributed by atoms with Crippen molar-refractivity contribution in [1.29, 1.82) is 0 Å². The van der Waals surface area contributed by atoms with Gasteiger partial charge in [0.05, 0.1) is 17.2 Å². The number of hydrogen-bond donors (Lipinski definition) is 3. The average molecular weight is 760 g/mol. The standard InChI is InChI=1S/C34H33Cl2F5N4O6/c1-18(2)22(29(47)34(40,41)32(50)43-17-33(37,38)39)16-27(46)28(20-8-10-21(51-3)11-9-20)45-31(49)26(15-19-7-12-23(35)24(36)14-19)44-30(48)25-6-4-5-13-42-25/h4-14,18,22,26,28H,15-17H2,1-3H3,(H,43,50)(H,44,48)(H,45,49)/t22-,26-,28-/m0/s1. The van der Waals surface area contributed by atoms with Gasteiger partial charge >= 0.3 is 12.1 Å². The summed E-state index contributed by atoms with van der Waals surface area (Å²) in [6.07, 6.45) is -4.79. The SMILES string of the molecule is COc1ccc([C@H](NC(=O)[C@H](Cc2ccc(Cl)c(Cl)c2)NC(=O)c2ccccn2)C(=O)C[C@H](C(=O)C(F)(F)C(=O)NCC(F)(F)F)C(C)C)cc1. The quantitative estimate of drug-likeness (QED) is 0.126. The molecule has 0 aliphatic heterocycles. The first-order valence-corrected chi connectivity index (χ1v) is 16.0. The lowest BCUT2D eigenvalue weighted by atomic mass is 9.82. The van der Waals surface area contributed by atoms with E-state index in [4.69, 9.17) is 27.9 Å². The fourth-order valence-electron chi connectivity index (χ4n) is 4.83. The summed E-state index contributed by atoms with van der Waals surface area (Å²) in [4.78, 5) is 69.8. The minimum Gasteiger partial charge on any atom is -0.497 e. The van der Waals surface area contributed by atoms with Crippen molar-refractivity contribution in [2.75, 3.05) is 13.7 Å². The van der Waals surface area contributed by atoms with Crippen molar-refractivity contribution in [2.45, 2.75) is 50.9 Å². The number of ketones is 2. The number of aromatic nitrogens is 1. The third-order valence-electron chi connectivity index (χ3n) is 7.61. The van der Waals surface area contributed by atoms with Crippen LogP contribution in [0.4, 0.5) is 22.0 Å². The maximum Gasteiger partial charge on any atom is 0.405 e. The summed E-state index contributed by atoms with van der Waals surface area (Å²) < 4.78 is 72.7. The average Bonchev–Trinajstić information content (AvgIpc) is 3.09. The van der Waals surface area contributed by atoms with Gasteiger partial charge in [-0.3, -0.25) is 29.0 Å². The summed E-state index contributed by atoms with van der Waals surface area (Å²) in [5.74, 6) is -14.6. The van der Waals surface area contributed by atoms with Gasteiger partial charge in [-0.2, -0.15) is 22.0 Å². The Hall–Kier alpha value is -4.63. The first-order chi connectivity index (χ1) is 23.8. The number of halogens is 7. The summed E-state index contributed by atoms with van der Waals surface area (Å²) in [5.41, 5.74) is 0.545. The molecule has 3 N–H and O–H groups in total. The molecular formula is C34H33Cl2F5N4O6. The number of Topliss-reactive ketones (excluding diaryl/α,β-unsaturated/α-hetero) is 2. The first-order valence-electron chi connectivity index (χ1n) is 15.2. The predicted molar refractivity (Wildman–Crippen MR) is 177 cm³/mol. The molecule has 0 saturated heterocycles. The molecule has 10 nitrogen and oxygen atoms in total. The van der Waals surface area contributed by atoms with Gasteiger partial charge < -0.3 is 20.7 Å². The van der Waals surface area contributed by atoms with Gasteiger partial charge in [0.2, 0.25) is 11.7 Å². The lowest BCUT2D eigenvalue weighted by molar-refractivity contribution is -0.167. The molecule has 3 atom stereocenters. The fraction of sp³-hybridized carbons (Fsp3) is 0.353. The molecular weight excluding hydrogens is 726 g/mol. The van der Waals surface area contributed by atoms with E-state index in [1.54, 1.807) is 18.2 Å². The Balaban J connectivity index is 1.97. The van der Waals surface area contributed by atoms with Crippen LogP contribution in [0.1, 0.15) is 47.9 Å². The molecule has 3 amide bonds. The van der Waals surface area contributed by atoms with E-state index in [0.29, 0.717) is 11.3 Å².